The Kier molecular flexibility index (Phi) is 5.17. The largest absolute Gasteiger partial charge is 0.508 e. The second kappa shape index (κ2) is 7.69. The topological polar surface area (TPSA) is 79.6 Å². The fourth-order valence-electron chi connectivity index (χ4n) is 2.85. The lowest BCUT2D eigenvalue weighted by Gasteiger charge is -2.34. The lowest BCUT2D eigenvalue weighted by atomic mass is 10.2. The normalized spacial score (nSPS) is 14.8. The molecule has 0 unspecified atom stereocenters. The van der Waals surface area contributed by atoms with E-state index < -0.39 is 0 Å². The Morgan fingerprint density at radius 3 is 2.48 bits per heavy atom. The molecule has 6 nitrogen and oxygen atoms in total. The van der Waals surface area contributed by atoms with E-state index in [1.54, 1.807) is 41.3 Å². The Morgan fingerprint density at radius 2 is 1.84 bits per heavy atom. The number of hydrogen-bond acceptors (Lipinski definition) is 4. The highest BCUT2D eigenvalue weighted by Crippen LogP contribution is 2.15. The number of anilines is 1. The van der Waals surface area contributed by atoms with Crippen LogP contribution in [0.2, 0.25) is 0 Å². The summed E-state index contributed by atoms with van der Waals surface area (Å²) in [6, 6.07) is 16.0. The lowest BCUT2D eigenvalue weighted by Crippen LogP contribution is -2.49. The fourth-order valence-corrected chi connectivity index (χ4v) is 2.85. The molecular formula is C19H20N4O2. The van der Waals surface area contributed by atoms with Crippen LogP contribution in [0.1, 0.15) is 11.1 Å². The molecule has 2 aromatic carbocycles. The first-order valence-electron chi connectivity index (χ1n) is 8.20. The maximum Gasteiger partial charge on any atom is 0.321 e. The van der Waals surface area contributed by atoms with Crippen molar-refractivity contribution in [1.82, 2.24) is 9.80 Å². The molecule has 128 valence electrons. The molecule has 6 heteroatoms. The van der Waals surface area contributed by atoms with Crippen LogP contribution in [0.25, 0.3) is 0 Å². The predicted molar refractivity (Wildman–Crippen MR) is 95.1 cm³/mol. The van der Waals surface area contributed by atoms with E-state index in [1.807, 2.05) is 12.1 Å². The van der Waals surface area contributed by atoms with Crippen molar-refractivity contribution in [3.8, 4) is 11.8 Å². The van der Waals surface area contributed by atoms with Crippen molar-refractivity contribution in [3.63, 3.8) is 0 Å². The summed E-state index contributed by atoms with van der Waals surface area (Å²) in [5.41, 5.74) is 2.32. The van der Waals surface area contributed by atoms with Crippen molar-refractivity contribution in [2.24, 2.45) is 0 Å². The van der Waals surface area contributed by atoms with Crippen molar-refractivity contribution < 1.29 is 9.90 Å². The van der Waals surface area contributed by atoms with E-state index in [1.165, 1.54) is 0 Å². The van der Waals surface area contributed by atoms with E-state index in [2.05, 4.69) is 16.3 Å². The van der Waals surface area contributed by atoms with E-state index in [-0.39, 0.29) is 11.8 Å². The van der Waals surface area contributed by atoms with E-state index in [0.717, 1.165) is 25.2 Å². The second-order valence-electron chi connectivity index (χ2n) is 6.05. The molecule has 0 aliphatic carbocycles. The van der Waals surface area contributed by atoms with Gasteiger partial charge in [-0.3, -0.25) is 4.90 Å². The maximum atomic E-state index is 12.3. The third-order valence-electron chi connectivity index (χ3n) is 4.24. The van der Waals surface area contributed by atoms with Crippen LogP contribution in [0.15, 0.2) is 48.5 Å². The fraction of sp³-hybridized carbons (Fsp3) is 0.263. The predicted octanol–water partition coefficient (Wildman–Crippen LogP) is 2.61. The van der Waals surface area contributed by atoms with Crippen LogP contribution in [0, 0.1) is 11.3 Å². The number of rotatable bonds is 3. The van der Waals surface area contributed by atoms with Gasteiger partial charge in [-0.1, -0.05) is 12.1 Å². The number of phenols is 1. The molecule has 2 N–H and O–H groups in total. The van der Waals surface area contributed by atoms with Crippen molar-refractivity contribution in [2.45, 2.75) is 6.54 Å². The van der Waals surface area contributed by atoms with E-state index in [4.69, 9.17) is 5.26 Å². The highest BCUT2D eigenvalue weighted by atomic mass is 16.3. The smallest absolute Gasteiger partial charge is 0.321 e. The monoisotopic (exact) mass is 336 g/mol. The number of aromatic hydroxyl groups is 1. The zero-order valence-corrected chi connectivity index (χ0v) is 13.9. The number of nitrogens with zero attached hydrogens (tertiary/aromatic N) is 3. The molecule has 0 radical (unpaired) electrons. The number of amides is 2. The van der Waals surface area contributed by atoms with Gasteiger partial charge < -0.3 is 15.3 Å². The SMILES string of the molecule is N#Cc1ccc(NC(=O)N2CCN(Cc3cccc(O)c3)CC2)cc1. The van der Waals surface area contributed by atoms with Gasteiger partial charge in [0.2, 0.25) is 0 Å². The molecule has 2 aromatic rings. The number of piperazine rings is 1. The minimum absolute atomic E-state index is 0.123. The molecule has 25 heavy (non-hydrogen) atoms. The summed E-state index contributed by atoms with van der Waals surface area (Å²) in [6.07, 6.45) is 0. The van der Waals surface area contributed by atoms with E-state index in [0.29, 0.717) is 24.3 Å². The van der Waals surface area contributed by atoms with Crippen LogP contribution >= 0.6 is 0 Å². The van der Waals surface area contributed by atoms with Crippen molar-refractivity contribution >= 4 is 11.7 Å². The van der Waals surface area contributed by atoms with E-state index >= 15 is 0 Å². The Morgan fingerprint density at radius 1 is 1.12 bits per heavy atom. The molecule has 1 aliphatic rings. The molecule has 3 rings (SSSR count). The first-order chi connectivity index (χ1) is 12.1. The van der Waals surface area contributed by atoms with Crippen LogP contribution in [-0.4, -0.2) is 47.1 Å². The van der Waals surface area contributed by atoms with Gasteiger partial charge in [0, 0.05) is 38.4 Å². The zero-order chi connectivity index (χ0) is 17.6. The van der Waals surface area contributed by atoms with Gasteiger partial charge >= 0.3 is 6.03 Å². The molecular weight excluding hydrogens is 316 g/mol. The van der Waals surface area contributed by atoms with Gasteiger partial charge in [0.1, 0.15) is 5.75 Å². The first kappa shape index (κ1) is 16.8. The number of carbonyl (C=O) groups excluding carboxylic acids is 1. The van der Waals surface area contributed by atoms with Gasteiger partial charge in [-0.15, -0.1) is 0 Å². The Hall–Kier alpha value is -3.04. The summed E-state index contributed by atoms with van der Waals surface area (Å²) in [7, 11) is 0. The molecule has 1 saturated heterocycles. The van der Waals surface area contributed by atoms with Crippen LogP contribution < -0.4 is 5.32 Å². The summed E-state index contributed by atoms with van der Waals surface area (Å²) in [5.74, 6) is 0.276. The van der Waals surface area contributed by atoms with Crippen LogP contribution in [-0.2, 0) is 6.54 Å². The molecule has 1 aliphatic heterocycles. The third-order valence-corrected chi connectivity index (χ3v) is 4.24. The van der Waals surface area contributed by atoms with Crippen molar-refractivity contribution in [1.29, 1.82) is 5.26 Å². The highest BCUT2D eigenvalue weighted by molar-refractivity contribution is 5.89. The average molecular weight is 336 g/mol. The molecule has 1 fully saturated rings. The molecule has 0 saturated carbocycles. The standard InChI is InChI=1S/C19H20N4O2/c20-13-15-4-6-17(7-5-15)21-19(25)23-10-8-22(9-11-23)14-16-2-1-3-18(24)12-16/h1-7,12,24H,8-11,14H2,(H,21,25). The summed E-state index contributed by atoms with van der Waals surface area (Å²) >= 11 is 0. The highest BCUT2D eigenvalue weighted by Gasteiger charge is 2.21. The number of phenolic OH excluding ortho intramolecular Hbond substituents is 1. The van der Waals surface area contributed by atoms with Gasteiger partial charge in [-0.25, -0.2) is 4.79 Å². The van der Waals surface area contributed by atoms with Crippen LogP contribution in [0.3, 0.4) is 0 Å². The summed E-state index contributed by atoms with van der Waals surface area (Å²) in [6.45, 7) is 3.65. The van der Waals surface area contributed by atoms with Crippen LogP contribution in [0.4, 0.5) is 10.5 Å². The molecule has 2 amide bonds. The number of benzene rings is 2. The Balaban J connectivity index is 1.49. The average Bonchev–Trinajstić information content (AvgIpc) is 2.63. The quantitative estimate of drug-likeness (QED) is 0.903. The molecule has 0 atom stereocenters. The number of nitriles is 1. The number of nitrogens with one attached hydrogen (secondary N) is 1. The molecule has 0 spiro atoms. The molecule has 0 aromatic heterocycles. The van der Waals surface area contributed by atoms with Crippen LogP contribution in [0.5, 0.6) is 5.75 Å². The second-order valence-corrected chi connectivity index (χ2v) is 6.05. The summed E-state index contributed by atoms with van der Waals surface area (Å²) < 4.78 is 0. The van der Waals surface area contributed by atoms with Gasteiger partial charge in [0.05, 0.1) is 11.6 Å². The lowest BCUT2D eigenvalue weighted by molar-refractivity contribution is 0.143. The summed E-state index contributed by atoms with van der Waals surface area (Å²) in [5, 5.41) is 21.2. The molecule has 1 heterocycles. The zero-order valence-electron chi connectivity index (χ0n) is 13.9. The minimum atomic E-state index is -0.123. The van der Waals surface area contributed by atoms with Gasteiger partial charge in [-0.2, -0.15) is 5.26 Å². The maximum absolute atomic E-state index is 12.3. The Bertz CT molecular complexity index is 775. The first-order valence-corrected chi connectivity index (χ1v) is 8.20. The van der Waals surface area contributed by atoms with Gasteiger partial charge in [0.25, 0.3) is 0 Å². The number of carbonyl (C=O) groups is 1. The van der Waals surface area contributed by atoms with Crippen molar-refractivity contribution in [3.05, 3.63) is 59.7 Å². The van der Waals surface area contributed by atoms with Gasteiger partial charge in [-0.05, 0) is 42.0 Å². The number of urea groups is 1. The van der Waals surface area contributed by atoms with E-state index in [9.17, 15) is 9.90 Å². The third kappa shape index (κ3) is 4.49. The minimum Gasteiger partial charge on any atom is -0.508 e. The Labute approximate surface area is 146 Å². The van der Waals surface area contributed by atoms with Gasteiger partial charge in [0.15, 0.2) is 0 Å². The molecule has 0 bridgehead atoms. The van der Waals surface area contributed by atoms with Crippen molar-refractivity contribution in [2.75, 3.05) is 31.5 Å². The number of hydrogen-bond donors (Lipinski definition) is 2. The summed E-state index contributed by atoms with van der Waals surface area (Å²) in [4.78, 5) is 16.4.